The fraction of sp³-hybridized carbons (Fsp3) is 0.211. The van der Waals surface area contributed by atoms with Crippen molar-refractivity contribution in [2.24, 2.45) is 0 Å². The number of hydrogen-bond acceptors (Lipinski definition) is 7. The van der Waals surface area contributed by atoms with Gasteiger partial charge in [-0.1, -0.05) is 0 Å². The predicted octanol–water partition coefficient (Wildman–Crippen LogP) is 3.28. The van der Waals surface area contributed by atoms with E-state index in [-0.39, 0.29) is 12.3 Å². The Morgan fingerprint density at radius 2 is 2.00 bits per heavy atom. The van der Waals surface area contributed by atoms with E-state index in [0.717, 1.165) is 10.6 Å². The first-order chi connectivity index (χ1) is 13.6. The number of thiazole rings is 1. The van der Waals surface area contributed by atoms with Crippen molar-refractivity contribution in [3.05, 3.63) is 51.7 Å². The molecule has 2 aromatic heterocycles. The maximum Gasteiger partial charge on any atom is 0.269 e. The van der Waals surface area contributed by atoms with Crippen LogP contribution in [0.1, 0.15) is 23.0 Å². The molecule has 7 nitrogen and oxygen atoms in total. The van der Waals surface area contributed by atoms with E-state index in [9.17, 15) is 9.59 Å². The summed E-state index contributed by atoms with van der Waals surface area (Å²) in [7, 11) is 1.50. The Bertz CT molecular complexity index is 954. The minimum Gasteiger partial charge on any atom is -0.493 e. The summed E-state index contributed by atoms with van der Waals surface area (Å²) in [5.41, 5.74) is 6.84. The molecule has 2 N–H and O–H groups in total. The van der Waals surface area contributed by atoms with Gasteiger partial charge in [0, 0.05) is 21.9 Å². The number of rotatable bonds is 7. The Balaban J connectivity index is 1.55. The molecule has 3 aromatic rings. The largest absolute Gasteiger partial charge is 0.493 e. The quantitative estimate of drug-likeness (QED) is 0.576. The van der Waals surface area contributed by atoms with Crippen molar-refractivity contribution < 1.29 is 19.1 Å². The van der Waals surface area contributed by atoms with E-state index in [0.29, 0.717) is 29.4 Å². The molecule has 2 amide bonds. The van der Waals surface area contributed by atoms with Crippen molar-refractivity contribution in [1.82, 2.24) is 15.8 Å². The molecule has 9 heteroatoms. The molecule has 28 heavy (non-hydrogen) atoms. The molecule has 0 fully saturated rings. The minimum absolute atomic E-state index is 0.0769. The van der Waals surface area contributed by atoms with Crippen LogP contribution in [-0.4, -0.2) is 30.5 Å². The van der Waals surface area contributed by atoms with Gasteiger partial charge in [-0.05, 0) is 36.6 Å². The van der Waals surface area contributed by atoms with E-state index >= 15 is 0 Å². The molecule has 0 saturated carbocycles. The zero-order chi connectivity index (χ0) is 19.9. The number of carbonyl (C=O) groups excluding carboxylic acids is 2. The highest BCUT2D eigenvalue weighted by Crippen LogP contribution is 2.28. The van der Waals surface area contributed by atoms with E-state index in [1.54, 1.807) is 29.5 Å². The van der Waals surface area contributed by atoms with Crippen LogP contribution < -0.4 is 20.3 Å². The van der Waals surface area contributed by atoms with Gasteiger partial charge in [-0.15, -0.1) is 11.3 Å². The van der Waals surface area contributed by atoms with Gasteiger partial charge in [-0.25, -0.2) is 4.98 Å². The summed E-state index contributed by atoms with van der Waals surface area (Å²) in [6.45, 7) is 2.35. The van der Waals surface area contributed by atoms with E-state index in [1.165, 1.54) is 18.4 Å². The third-order valence-electron chi connectivity index (χ3n) is 3.70. The number of thiophene rings is 1. The number of carbonyl (C=O) groups is 2. The first-order valence-corrected chi connectivity index (χ1v) is 10.3. The van der Waals surface area contributed by atoms with E-state index in [1.807, 2.05) is 29.1 Å². The normalized spacial score (nSPS) is 10.4. The lowest BCUT2D eigenvalue weighted by Crippen LogP contribution is -2.42. The fourth-order valence-corrected chi connectivity index (χ4v) is 3.93. The topological polar surface area (TPSA) is 89.6 Å². The molecule has 0 saturated heterocycles. The van der Waals surface area contributed by atoms with E-state index in [2.05, 4.69) is 15.8 Å². The molecule has 0 bridgehead atoms. The second-order valence-electron chi connectivity index (χ2n) is 5.63. The summed E-state index contributed by atoms with van der Waals surface area (Å²) in [6.07, 6.45) is 0.0769. The Hall–Kier alpha value is -2.91. The summed E-state index contributed by atoms with van der Waals surface area (Å²) in [5, 5.41) is 6.70. The highest BCUT2D eigenvalue weighted by Gasteiger charge is 2.13. The second-order valence-corrected chi connectivity index (χ2v) is 7.27. The number of hydrazine groups is 1. The monoisotopic (exact) mass is 417 g/mol. The standard InChI is InChI=1S/C19H19N3O4S2/c1-3-26-15-5-4-12(8-16(15)25-2)18(24)22-21-17(23)9-14-11-28-19(20-14)13-6-7-27-10-13/h4-8,10-11H,3,9H2,1-2H3,(H,21,23)(H,22,24). The van der Waals surface area contributed by atoms with Crippen LogP contribution in [0.2, 0.25) is 0 Å². The predicted molar refractivity (Wildman–Crippen MR) is 109 cm³/mol. The number of benzene rings is 1. The number of nitrogens with zero attached hydrogens (tertiary/aromatic N) is 1. The Labute approximate surface area is 170 Å². The van der Waals surface area contributed by atoms with Crippen LogP contribution in [0.3, 0.4) is 0 Å². The lowest BCUT2D eigenvalue weighted by Gasteiger charge is -2.11. The number of ether oxygens (including phenoxy) is 2. The van der Waals surface area contributed by atoms with Crippen LogP contribution >= 0.6 is 22.7 Å². The van der Waals surface area contributed by atoms with E-state index < -0.39 is 5.91 Å². The van der Waals surface area contributed by atoms with Gasteiger partial charge in [0.1, 0.15) is 5.01 Å². The second kappa shape index (κ2) is 9.34. The zero-order valence-electron chi connectivity index (χ0n) is 15.4. The van der Waals surface area contributed by atoms with Crippen LogP contribution in [0.5, 0.6) is 11.5 Å². The van der Waals surface area contributed by atoms with Crippen LogP contribution in [-0.2, 0) is 11.2 Å². The molecule has 2 heterocycles. The van der Waals surface area contributed by atoms with Crippen LogP contribution in [0.15, 0.2) is 40.4 Å². The van der Waals surface area contributed by atoms with Crippen LogP contribution in [0.25, 0.3) is 10.6 Å². The van der Waals surface area contributed by atoms with Crippen molar-refractivity contribution in [3.8, 4) is 22.1 Å². The Kier molecular flexibility index (Phi) is 6.62. The zero-order valence-corrected chi connectivity index (χ0v) is 17.0. The number of aromatic nitrogens is 1. The van der Waals surface area contributed by atoms with Crippen LogP contribution in [0.4, 0.5) is 0 Å². The Morgan fingerprint density at radius 3 is 2.71 bits per heavy atom. The van der Waals surface area contributed by atoms with Gasteiger partial charge in [0.25, 0.3) is 5.91 Å². The van der Waals surface area contributed by atoms with Gasteiger partial charge in [-0.3, -0.25) is 20.4 Å². The van der Waals surface area contributed by atoms with Crippen molar-refractivity contribution in [2.45, 2.75) is 13.3 Å². The summed E-state index contributed by atoms with van der Waals surface area (Å²) in [6, 6.07) is 6.79. The molecule has 0 aliphatic heterocycles. The average molecular weight is 418 g/mol. The molecule has 146 valence electrons. The van der Waals surface area contributed by atoms with Crippen molar-refractivity contribution >= 4 is 34.5 Å². The molecule has 0 unspecified atom stereocenters. The molecule has 3 rings (SSSR count). The number of methoxy groups -OCH3 is 1. The number of amides is 2. The molecule has 0 spiro atoms. The lowest BCUT2D eigenvalue weighted by molar-refractivity contribution is -0.121. The van der Waals surface area contributed by atoms with Gasteiger partial charge in [-0.2, -0.15) is 11.3 Å². The van der Waals surface area contributed by atoms with Crippen molar-refractivity contribution in [1.29, 1.82) is 0 Å². The Morgan fingerprint density at radius 1 is 1.14 bits per heavy atom. The first-order valence-electron chi connectivity index (χ1n) is 8.47. The molecule has 0 radical (unpaired) electrons. The minimum atomic E-state index is -0.452. The van der Waals surface area contributed by atoms with E-state index in [4.69, 9.17) is 9.47 Å². The summed E-state index contributed by atoms with van der Waals surface area (Å²) in [4.78, 5) is 28.8. The molecule has 0 atom stereocenters. The third kappa shape index (κ3) is 4.87. The molecule has 1 aromatic carbocycles. The molecule has 0 aliphatic rings. The summed E-state index contributed by atoms with van der Waals surface area (Å²) < 4.78 is 10.7. The number of nitrogens with one attached hydrogen (secondary N) is 2. The molecular formula is C19H19N3O4S2. The number of hydrogen-bond donors (Lipinski definition) is 2. The van der Waals surface area contributed by atoms with Gasteiger partial charge in [0.05, 0.1) is 25.8 Å². The smallest absolute Gasteiger partial charge is 0.269 e. The maximum atomic E-state index is 12.3. The van der Waals surface area contributed by atoms with Gasteiger partial charge < -0.3 is 9.47 Å². The highest BCUT2D eigenvalue weighted by atomic mass is 32.1. The third-order valence-corrected chi connectivity index (χ3v) is 5.33. The first kappa shape index (κ1) is 19.8. The van der Waals surface area contributed by atoms with Gasteiger partial charge in [0.2, 0.25) is 5.91 Å². The van der Waals surface area contributed by atoms with Crippen LogP contribution in [0, 0.1) is 0 Å². The van der Waals surface area contributed by atoms with Gasteiger partial charge in [0.15, 0.2) is 11.5 Å². The van der Waals surface area contributed by atoms with Crippen molar-refractivity contribution in [2.75, 3.05) is 13.7 Å². The average Bonchev–Trinajstić information content (AvgIpc) is 3.38. The van der Waals surface area contributed by atoms with Gasteiger partial charge >= 0.3 is 0 Å². The fourth-order valence-electron chi connectivity index (χ4n) is 2.40. The summed E-state index contributed by atoms with van der Waals surface area (Å²) in [5.74, 6) is 0.195. The van der Waals surface area contributed by atoms with Crippen molar-refractivity contribution in [3.63, 3.8) is 0 Å². The molecule has 0 aliphatic carbocycles. The molecular weight excluding hydrogens is 398 g/mol. The highest BCUT2D eigenvalue weighted by molar-refractivity contribution is 7.14. The SMILES string of the molecule is CCOc1ccc(C(=O)NNC(=O)Cc2csc(-c3ccsc3)n2)cc1OC. The maximum absolute atomic E-state index is 12.3. The summed E-state index contributed by atoms with van der Waals surface area (Å²) >= 11 is 3.08. The lowest BCUT2D eigenvalue weighted by atomic mass is 10.2.